The molecule has 15 heavy (non-hydrogen) atoms. The monoisotopic (exact) mass is 241 g/mol. The van der Waals surface area contributed by atoms with E-state index in [4.69, 9.17) is 0 Å². The molecule has 0 N–H and O–H groups in total. The van der Waals surface area contributed by atoms with Gasteiger partial charge in [0.25, 0.3) is 0 Å². The summed E-state index contributed by atoms with van der Waals surface area (Å²) >= 11 is 0. The Hall–Kier alpha value is -1.53. The van der Waals surface area contributed by atoms with E-state index in [1.165, 1.54) is 0 Å². The lowest BCUT2D eigenvalue weighted by Gasteiger charge is -2.34. The quantitative estimate of drug-likeness (QED) is 0.399. The maximum Gasteiger partial charge on any atom is 0.502 e. The second-order valence-corrected chi connectivity index (χ2v) is 3.99. The first-order chi connectivity index (χ1) is 6.79. The van der Waals surface area contributed by atoms with Crippen molar-refractivity contribution in [2.75, 3.05) is 6.54 Å². The second-order valence-electron chi connectivity index (χ2n) is 2.81. The zero-order valence-corrected chi connectivity index (χ0v) is 7.62. The van der Waals surface area contributed by atoms with Crippen molar-refractivity contribution in [3.05, 3.63) is 20.2 Å². The lowest BCUT2D eigenvalue weighted by molar-refractivity contribution is -0.818. The molecule has 2 aliphatic heterocycles. The van der Waals surface area contributed by atoms with Gasteiger partial charge in [-0.3, -0.25) is 10.1 Å². The summed E-state index contributed by atoms with van der Waals surface area (Å²) in [5.41, 5.74) is 0. The van der Waals surface area contributed by atoms with E-state index in [1.807, 2.05) is 0 Å². The molecule has 0 spiro atoms. The van der Waals surface area contributed by atoms with E-state index in [1.54, 1.807) is 0 Å². The fraction of sp³-hybridized carbons (Fsp3) is 1.00. The number of hydrogen-bond acceptors (Lipinski definition) is 8. The van der Waals surface area contributed by atoms with Crippen LogP contribution in [0, 0.1) is 20.2 Å². The van der Waals surface area contributed by atoms with Crippen molar-refractivity contribution in [3.63, 3.8) is 0 Å². The summed E-state index contributed by atoms with van der Waals surface area (Å²) < 4.78 is 29.7. The fourth-order valence-electron chi connectivity index (χ4n) is 1.39. The van der Waals surface area contributed by atoms with Gasteiger partial charge in [0.15, 0.2) is 5.03 Å². The highest BCUT2D eigenvalue weighted by Crippen LogP contribution is 2.42. The van der Waals surface area contributed by atoms with Crippen LogP contribution >= 0.6 is 0 Å². The van der Waals surface area contributed by atoms with Gasteiger partial charge in [-0.2, -0.15) is 8.42 Å². The molecule has 12 heteroatoms. The molecule has 2 fully saturated rings. The van der Waals surface area contributed by atoms with Gasteiger partial charge >= 0.3 is 16.2 Å². The van der Waals surface area contributed by atoms with E-state index >= 15 is 0 Å². The maximum atomic E-state index is 10.8. The number of hydrazine groups is 1. The van der Waals surface area contributed by atoms with Crippen molar-refractivity contribution in [1.82, 2.24) is 5.01 Å². The number of rotatable bonds is 2. The van der Waals surface area contributed by atoms with Crippen LogP contribution in [-0.2, 0) is 18.8 Å². The molecular weight excluding hydrogens is 238 g/mol. The number of hydrogen-bond donors (Lipinski definition) is 0. The Morgan fingerprint density at radius 2 is 2.00 bits per heavy atom. The van der Waals surface area contributed by atoms with Crippen molar-refractivity contribution in [3.8, 4) is 0 Å². The topological polar surface area (TPSA) is 142 Å². The summed E-state index contributed by atoms with van der Waals surface area (Å²) in [6.45, 7) is -0.521. The van der Waals surface area contributed by atoms with Crippen LogP contribution in [0.2, 0.25) is 0 Å². The fourth-order valence-corrected chi connectivity index (χ4v) is 2.45. The molecule has 2 heterocycles. The first kappa shape index (κ1) is 10.0. The molecule has 2 saturated heterocycles. The molecule has 2 rings (SSSR count). The highest BCUT2D eigenvalue weighted by atomic mass is 32.3. The van der Waals surface area contributed by atoms with Gasteiger partial charge < -0.3 is 0 Å². The first-order valence-corrected chi connectivity index (χ1v) is 4.83. The summed E-state index contributed by atoms with van der Waals surface area (Å²) in [6.07, 6.45) is -1.48. The molecule has 0 aliphatic carbocycles. The van der Waals surface area contributed by atoms with Crippen LogP contribution in [0.25, 0.3) is 0 Å². The molecular formula is C3H3N3O8S. The molecule has 0 bridgehead atoms. The van der Waals surface area contributed by atoms with Gasteiger partial charge in [-0.1, -0.05) is 0 Å². The summed E-state index contributed by atoms with van der Waals surface area (Å²) in [5, 5.41) is 19.9. The normalized spacial score (nSPS) is 36.8. The molecule has 2 unspecified atom stereocenters. The third-order valence-corrected chi connectivity index (χ3v) is 2.96. The lowest BCUT2D eigenvalue weighted by Crippen LogP contribution is -2.74. The smallest absolute Gasteiger partial charge is 0.260 e. The maximum absolute atomic E-state index is 10.8. The molecule has 84 valence electrons. The highest BCUT2D eigenvalue weighted by Gasteiger charge is 2.81. The Bertz CT molecular complexity index is 444. The van der Waals surface area contributed by atoms with Crippen LogP contribution in [0.3, 0.4) is 0 Å². The van der Waals surface area contributed by atoms with Crippen molar-refractivity contribution in [1.29, 1.82) is 0 Å². The molecule has 0 aromatic carbocycles. The molecule has 2 atom stereocenters. The Morgan fingerprint density at radius 3 is 2.40 bits per heavy atom. The van der Waals surface area contributed by atoms with Crippen LogP contribution in [0.5, 0.6) is 0 Å². The molecule has 0 aromatic heterocycles. The second kappa shape index (κ2) is 2.53. The molecule has 11 nitrogen and oxygen atoms in total. The van der Waals surface area contributed by atoms with Crippen LogP contribution in [0.4, 0.5) is 0 Å². The van der Waals surface area contributed by atoms with Crippen molar-refractivity contribution in [2.24, 2.45) is 0 Å². The van der Waals surface area contributed by atoms with Crippen LogP contribution in [0.15, 0.2) is 0 Å². The van der Waals surface area contributed by atoms with E-state index in [9.17, 15) is 28.6 Å². The van der Waals surface area contributed by atoms with E-state index in [2.05, 4.69) is 8.37 Å². The molecule has 0 saturated carbocycles. The van der Waals surface area contributed by atoms with Crippen LogP contribution in [0.1, 0.15) is 0 Å². The zero-order valence-electron chi connectivity index (χ0n) is 6.80. The van der Waals surface area contributed by atoms with Gasteiger partial charge in [-0.15, -0.1) is 4.18 Å². The van der Waals surface area contributed by atoms with Crippen LogP contribution in [-0.4, -0.2) is 41.9 Å². The summed E-state index contributed by atoms with van der Waals surface area (Å²) in [7, 11) is -4.54. The van der Waals surface area contributed by atoms with Gasteiger partial charge in [0.1, 0.15) is 6.54 Å². The summed E-state index contributed by atoms with van der Waals surface area (Å²) in [4.78, 5) is 19.7. The van der Waals surface area contributed by atoms with Crippen molar-refractivity contribution < 1.29 is 26.7 Å². The number of nitrogens with zero attached hydrogens (tertiary/aromatic N) is 3. The van der Waals surface area contributed by atoms with E-state index in [0.717, 1.165) is 0 Å². The van der Waals surface area contributed by atoms with E-state index in [0.29, 0.717) is 0 Å². The first-order valence-electron chi connectivity index (χ1n) is 3.50. The Balaban J connectivity index is 2.42. The molecule has 0 amide bonds. The van der Waals surface area contributed by atoms with Crippen LogP contribution < -0.4 is 0 Å². The minimum absolute atomic E-state index is 0.0578. The van der Waals surface area contributed by atoms with Gasteiger partial charge in [0.05, 0.1) is 4.92 Å². The van der Waals surface area contributed by atoms with Gasteiger partial charge in [-0.05, 0) is 5.01 Å². The standard InChI is InChI=1S/C3H3N3O8S/c7-5(8)3-2(1-4(3)6(9)10)13-15(11,12)14-3/h2H,1H2. The number of nitro groups is 2. The Labute approximate surface area is 81.8 Å². The van der Waals surface area contributed by atoms with Crippen molar-refractivity contribution >= 4 is 10.4 Å². The third kappa shape index (κ3) is 1.09. The summed E-state index contributed by atoms with van der Waals surface area (Å²) in [5.74, 6) is -2.75. The predicted octanol–water partition coefficient (Wildman–Crippen LogP) is -1.92. The Morgan fingerprint density at radius 1 is 1.40 bits per heavy atom. The number of fused-ring (bicyclic) bond motifs is 1. The zero-order chi connectivity index (χ0) is 11.4. The summed E-state index contributed by atoms with van der Waals surface area (Å²) in [6, 6.07) is 0. The average Bonchev–Trinajstić information content (AvgIpc) is 2.24. The van der Waals surface area contributed by atoms with Gasteiger partial charge in [-0.25, -0.2) is 14.3 Å². The largest absolute Gasteiger partial charge is 0.502 e. The van der Waals surface area contributed by atoms with Crippen molar-refractivity contribution in [2.45, 2.75) is 12.0 Å². The lowest BCUT2D eigenvalue weighted by atomic mass is 10.1. The van der Waals surface area contributed by atoms with E-state index in [-0.39, 0.29) is 5.01 Å². The Kier molecular flexibility index (Phi) is 1.69. The predicted molar refractivity (Wildman–Crippen MR) is 38.3 cm³/mol. The van der Waals surface area contributed by atoms with Gasteiger partial charge in [0.2, 0.25) is 6.10 Å². The van der Waals surface area contributed by atoms with Gasteiger partial charge in [0, 0.05) is 0 Å². The SMILES string of the molecule is O=[N+]([O-])N1CC2OS(=O)(=O)OC21[N+](=O)[O-]. The molecule has 2 aliphatic rings. The molecule has 0 radical (unpaired) electrons. The minimum Gasteiger partial charge on any atom is -0.260 e. The highest BCUT2D eigenvalue weighted by molar-refractivity contribution is 7.82. The van der Waals surface area contributed by atoms with E-state index < -0.39 is 38.9 Å². The minimum atomic E-state index is -4.54. The average molecular weight is 241 g/mol. The molecule has 0 aromatic rings. The third-order valence-electron chi connectivity index (χ3n) is 2.05.